The van der Waals surface area contributed by atoms with E-state index in [4.69, 9.17) is 14.2 Å². The van der Waals surface area contributed by atoms with E-state index in [-0.39, 0.29) is 17.7 Å². The number of aromatic nitrogens is 2. The van der Waals surface area contributed by atoms with Gasteiger partial charge < -0.3 is 19.1 Å². The van der Waals surface area contributed by atoms with E-state index in [0.29, 0.717) is 24.7 Å². The third-order valence-electron chi connectivity index (χ3n) is 4.52. The van der Waals surface area contributed by atoms with Crippen molar-refractivity contribution in [3.63, 3.8) is 0 Å². The number of ether oxygens (including phenoxy) is 3. The summed E-state index contributed by atoms with van der Waals surface area (Å²) in [5, 5.41) is 4.43. The van der Waals surface area contributed by atoms with Crippen molar-refractivity contribution in [2.75, 3.05) is 27.3 Å². The lowest BCUT2D eigenvalue weighted by atomic mass is 10.2. The van der Waals surface area contributed by atoms with Gasteiger partial charge in [-0.1, -0.05) is 30.3 Å². The Balaban J connectivity index is 1.49. The van der Waals surface area contributed by atoms with E-state index in [1.54, 1.807) is 22.8 Å². The molecule has 28 heavy (non-hydrogen) atoms. The Labute approximate surface area is 163 Å². The Morgan fingerprint density at radius 2 is 1.89 bits per heavy atom. The number of nitrogens with zero attached hydrogens (tertiary/aromatic N) is 3. The molecule has 0 radical (unpaired) electrons. The molecule has 0 unspecified atom stereocenters. The number of rotatable bonds is 5. The number of benzene rings is 2. The first kappa shape index (κ1) is 17.9. The molecular formula is C21H21N3O4. The highest BCUT2D eigenvalue weighted by atomic mass is 16.6. The SMILES string of the molecule is COc1cn(-c2ccccc2)nc1C(=O)N(C)C[C@H]1COc2ccccc2O1. The van der Waals surface area contributed by atoms with E-state index in [1.165, 1.54) is 7.11 Å². The molecular weight excluding hydrogens is 358 g/mol. The molecule has 2 heterocycles. The number of likely N-dealkylation sites (N-methyl/N-ethyl adjacent to an activating group) is 1. The van der Waals surface area contributed by atoms with Crippen molar-refractivity contribution in [3.05, 3.63) is 66.5 Å². The fourth-order valence-electron chi connectivity index (χ4n) is 3.09. The molecule has 1 aliphatic heterocycles. The van der Waals surface area contributed by atoms with Crippen molar-refractivity contribution in [3.8, 4) is 22.9 Å². The maximum atomic E-state index is 13.0. The first-order valence-corrected chi connectivity index (χ1v) is 8.98. The van der Waals surface area contributed by atoms with Crippen LogP contribution in [0.5, 0.6) is 17.2 Å². The zero-order chi connectivity index (χ0) is 19.5. The molecule has 0 saturated heterocycles. The van der Waals surface area contributed by atoms with Crippen LogP contribution in [0.25, 0.3) is 5.69 Å². The summed E-state index contributed by atoms with van der Waals surface area (Å²) in [5.74, 6) is 1.59. The first-order chi connectivity index (χ1) is 13.7. The summed E-state index contributed by atoms with van der Waals surface area (Å²) < 4.78 is 18.7. The standard InChI is InChI=1S/C21H21N3O4/c1-23(12-16-14-27-17-10-6-7-11-18(17)28-16)21(25)20-19(26-2)13-24(22-20)15-8-4-3-5-9-15/h3-11,13,16H,12,14H2,1-2H3/t16-/m0/s1. The average molecular weight is 379 g/mol. The van der Waals surface area contributed by atoms with E-state index >= 15 is 0 Å². The predicted octanol–water partition coefficient (Wildman–Crippen LogP) is 2.79. The van der Waals surface area contributed by atoms with Crippen molar-refractivity contribution in [1.29, 1.82) is 0 Å². The van der Waals surface area contributed by atoms with Crippen LogP contribution in [-0.2, 0) is 0 Å². The topological polar surface area (TPSA) is 65.8 Å². The van der Waals surface area contributed by atoms with Gasteiger partial charge >= 0.3 is 0 Å². The third kappa shape index (κ3) is 3.51. The highest BCUT2D eigenvalue weighted by Gasteiger charge is 2.27. The predicted molar refractivity (Wildman–Crippen MR) is 103 cm³/mol. The number of carbonyl (C=O) groups excluding carboxylic acids is 1. The van der Waals surface area contributed by atoms with Crippen LogP contribution in [-0.4, -0.2) is 54.0 Å². The molecule has 0 bridgehead atoms. The highest BCUT2D eigenvalue weighted by Crippen LogP contribution is 2.31. The zero-order valence-electron chi connectivity index (χ0n) is 15.7. The van der Waals surface area contributed by atoms with E-state index in [1.807, 2.05) is 54.6 Å². The second-order valence-corrected chi connectivity index (χ2v) is 6.51. The summed E-state index contributed by atoms with van der Waals surface area (Å²) in [6, 6.07) is 17.1. The molecule has 0 saturated carbocycles. The van der Waals surface area contributed by atoms with Crippen molar-refractivity contribution < 1.29 is 19.0 Å². The molecule has 2 aromatic carbocycles. The van der Waals surface area contributed by atoms with Gasteiger partial charge in [0.25, 0.3) is 5.91 Å². The van der Waals surface area contributed by atoms with Crippen LogP contribution in [0.15, 0.2) is 60.8 Å². The lowest BCUT2D eigenvalue weighted by Gasteiger charge is -2.29. The molecule has 0 N–H and O–H groups in total. The Bertz CT molecular complexity index is 971. The smallest absolute Gasteiger partial charge is 0.278 e. The van der Waals surface area contributed by atoms with Gasteiger partial charge in [-0.2, -0.15) is 5.10 Å². The molecule has 4 rings (SSSR count). The third-order valence-corrected chi connectivity index (χ3v) is 4.52. The Hall–Kier alpha value is -3.48. The van der Waals surface area contributed by atoms with Crippen LogP contribution in [0, 0.1) is 0 Å². The van der Waals surface area contributed by atoms with Crippen LogP contribution in [0.2, 0.25) is 0 Å². The molecule has 7 heteroatoms. The fraction of sp³-hybridized carbons (Fsp3) is 0.238. The lowest BCUT2D eigenvalue weighted by molar-refractivity contribution is 0.0515. The molecule has 1 aliphatic rings. The summed E-state index contributed by atoms with van der Waals surface area (Å²) in [5.41, 5.74) is 1.11. The number of methoxy groups -OCH3 is 1. The average Bonchev–Trinajstić information content (AvgIpc) is 3.18. The van der Waals surface area contributed by atoms with Gasteiger partial charge in [-0.05, 0) is 24.3 Å². The van der Waals surface area contributed by atoms with E-state index < -0.39 is 0 Å². The molecule has 0 aliphatic carbocycles. The molecule has 0 spiro atoms. The second kappa shape index (κ2) is 7.64. The molecule has 1 atom stereocenters. The van der Waals surface area contributed by atoms with E-state index in [9.17, 15) is 4.79 Å². The Kier molecular flexibility index (Phi) is 4.89. The number of para-hydroxylation sites is 3. The van der Waals surface area contributed by atoms with Crippen LogP contribution in [0.3, 0.4) is 0 Å². The molecule has 1 amide bonds. The quantitative estimate of drug-likeness (QED) is 0.682. The minimum Gasteiger partial charge on any atom is -0.493 e. The van der Waals surface area contributed by atoms with Crippen molar-refractivity contribution >= 4 is 5.91 Å². The summed E-state index contributed by atoms with van der Waals surface area (Å²) in [7, 11) is 3.24. The van der Waals surface area contributed by atoms with Gasteiger partial charge in [-0.15, -0.1) is 0 Å². The summed E-state index contributed by atoms with van der Waals surface area (Å²) in [6.45, 7) is 0.749. The number of hydrogen-bond donors (Lipinski definition) is 0. The lowest BCUT2D eigenvalue weighted by Crippen LogP contribution is -2.42. The fourth-order valence-corrected chi connectivity index (χ4v) is 3.09. The summed E-state index contributed by atoms with van der Waals surface area (Å²) in [6.07, 6.45) is 1.44. The summed E-state index contributed by atoms with van der Waals surface area (Å²) >= 11 is 0. The normalized spacial score (nSPS) is 15.1. The van der Waals surface area contributed by atoms with Crippen LogP contribution >= 0.6 is 0 Å². The number of amides is 1. The molecule has 7 nitrogen and oxygen atoms in total. The zero-order valence-corrected chi connectivity index (χ0v) is 15.7. The second-order valence-electron chi connectivity index (χ2n) is 6.51. The van der Waals surface area contributed by atoms with Crippen LogP contribution in [0.4, 0.5) is 0 Å². The minimum absolute atomic E-state index is 0.242. The molecule has 1 aromatic heterocycles. The van der Waals surface area contributed by atoms with Gasteiger partial charge in [0.2, 0.25) is 0 Å². The van der Waals surface area contributed by atoms with E-state index in [0.717, 1.165) is 11.4 Å². The maximum absolute atomic E-state index is 13.0. The Morgan fingerprint density at radius 1 is 1.18 bits per heavy atom. The number of carbonyl (C=O) groups is 1. The Morgan fingerprint density at radius 3 is 2.64 bits per heavy atom. The highest BCUT2D eigenvalue weighted by molar-refractivity contribution is 5.94. The van der Waals surface area contributed by atoms with Crippen LogP contribution in [0.1, 0.15) is 10.5 Å². The molecule has 0 fully saturated rings. The van der Waals surface area contributed by atoms with Gasteiger partial charge in [-0.25, -0.2) is 4.68 Å². The van der Waals surface area contributed by atoms with Crippen LogP contribution < -0.4 is 14.2 Å². The molecule has 3 aromatic rings. The largest absolute Gasteiger partial charge is 0.493 e. The first-order valence-electron chi connectivity index (χ1n) is 8.98. The van der Waals surface area contributed by atoms with Gasteiger partial charge in [0.05, 0.1) is 25.5 Å². The van der Waals surface area contributed by atoms with Gasteiger partial charge in [0, 0.05) is 7.05 Å². The monoisotopic (exact) mass is 379 g/mol. The van der Waals surface area contributed by atoms with Gasteiger partial charge in [0.1, 0.15) is 6.61 Å². The van der Waals surface area contributed by atoms with Gasteiger partial charge in [-0.3, -0.25) is 4.79 Å². The van der Waals surface area contributed by atoms with Crippen molar-refractivity contribution in [2.45, 2.75) is 6.10 Å². The number of fused-ring (bicyclic) bond motifs is 1. The maximum Gasteiger partial charge on any atom is 0.278 e. The van der Waals surface area contributed by atoms with Crippen molar-refractivity contribution in [2.24, 2.45) is 0 Å². The number of hydrogen-bond acceptors (Lipinski definition) is 5. The molecule has 144 valence electrons. The summed E-state index contributed by atoms with van der Waals surface area (Å²) in [4.78, 5) is 14.5. The minimum atomic E-state index is -0.258. The van der Waals surface area contributed by atoms with Gasteiger partial charge in [0.15, 0.2) is 29.0 Å². The van der Waals surface area contributed by atoms with Crippen molar-refractivity contribution in [1.82, 2.24) is 14.7 Å². The van der Waals surface area contributed by atoms with E-state index in [2.05, 4.69) is 5.10 Å².